The molecule has 0 aromatic heterocycles. The van der Waals surface area contributed by atoms with Gasteiger partial charge in [-0.2, -0.15) is 0 Å². The monoisotopic (exact) mass is 269 g/mol. The van der Waals surface area contributed by atoms with Gasteiger partial charge in [-0.25, -0.2) is 4.79 Å². The second-order valence-corrected chi connectivity index (χ2v) is 4.90. The van der Waals surface area contributed by atoms with Crippen LogP contribution in [0.4, 0.5) is 0 Å². The lowest BCUT2D eigenvalue weighted by atomic mass is 10.1. The molecule has 0 radical (unpaired) electrons. The van der Waals surface area contributed by atoms with Gasteiger partial charge < -0.3 is 5.11 Å². The Hall–Kier alpha value is -1.06. The Balaban J connectivity index is 2.82. The molecule has 0 aliphatic heterocycles. The molecule has 1 N–H and O–H groups in total. The zero-order valence-electron chi connectivity index (χ0n) is 11.1. The fourth-order valence-electron chi connectivity index (χ4n) is 2.12. The molecule has 0 atom stereocenters. The summed E-state index contributed by atoms with van der Waals surface area (Å²) in [5, 5.41) is 9.40. The summed E-state index contributed by atoms with van der Waals surface area (Å²) in [6.07, 6.45) is 2.19. The Morgan fingerprint density at radius 1 is 1.39 bits per heavy atom. The van der Waals surface area contributed by atoms with Crippen LogP contribution in [-0.2, 0) is 6.54 Å². The third-order valence-electron chi connectivity index (χ3n) is 3.29. The Bertz CT molecular complexity index is 416. The van der Waals surface area contributed by atoms with Crippen molar-refractivity contribution in [2.45, 2.75) is 39.3 Å². The van der Waals surface area contributed by atoms with Crippen LogP contribution in [0.25, 0.3) is 0 Å². The van der Waals surface area contributed by atoms with Gasteiger partial charge in [0.05, 0.1) is 5.56 Å². The van der Waals surface area contributed by atoms with E-state index >= 15 is 0 Å². The maximum Gasteiger partial charge on any atom is 0.335 e. The second kappa shape index (κ2) is 6.76. The average Bonchev–Trinajstić information content (AvgIpc) is 2.33. The number of carboxylic acid groups (broad SMARTS) is 1. The third kappa shape index (κ3) is 3.72. The number of benzene rings is 1. The third-order valence-corrected chi connectivity index (χ3v) is 3.64. The molecule has 4 heteroatoms. The molecule has 3 nitrogen and oxygen atoms in total. The molecule has 0 heterocycles. The number of hydrogen-bond donors (Lipinski definition) is 1. The average molecular weight is 270 g/mol. The van der Waals surface area contributed by atoms with Crippen LogP contribution in [0.3, 0.4) is 0 Å². The van der Waals surface area contributed by atoms with Crippen molar-refractivity contribution < 1.29 is 9.90 Å². The van der Waals surface area contributed by atoms with E-state index in [-0.39, 0.29) is 5.56 Å². The summed E-state index contributed by atoms with van der Waals surface area (Å²) < 4.78 is 0. The fourth-order valence-corrected chi connectivity index (χ4v) is 2.36. The van der Waals surface area contributed by atoms with Gasteiger partial charge in [-0.05, 0) is 37.6 Å². The van der Waals surface area contributed by atoms with Crippen molar-refractivity contribution in [1.82, 2.24) is 4.90 Å². The van der Waals surface area contributed by atoms with E-state index in [1.54, 1.807) is 12.1 Å². The van der Waals surface area contributed by atoms with Crippen LogP contribution in [-0.4, -0.2) is 29.1 Å². The number of halogens is 1. The lowest BCUT2D eigenvalue weighted by Crippen LogP contribution is -2.30. The highest BCUT2D eigenvalue weighted by atomic mass is 35.5. The minimum absolute atomic E-state index is 0.230. The van der Waals surface area contributed by atoms with Gasteiger partial charge in [0.15, 0.2) is 0 Å². The molecular formula is C14H20ClNO2. The van der Waals surface area contributed by atoms with E-state index in [1.165, 1.54) is 6.07 Å². The van der Waals surface area contributed by atoms with E-state index in [1.807, 2.05) is 0 Å². The van der Waals surface area contributed by atoms with Crippen LogP contribution in [0, 0.1) is 0 Å². The van der Waals surface area contributed by atoms with Crippen LogP contribution in [0.2, 0.25) is 5.02 Å². The number of aromatic carboxylic acids is 1. The molecule has 100 valence electrons. The molecule has 0 bridgehead atoms. The normalized spacial score (nSPS) is 11.2. The SMILES string of the molecule is CCC(CC)N(C)Cc1ccc(C(=O)O)cc1Cl. The minimum atomic E-state index is -0.947. The van der Waals surface area contributed by atoms with Crippen molar-refractivity contribution in [3.8, 4) is 0 Å². The van der Waals surface area contributed by atoms with E-state index in [9.17, 15) is 4.79 Å². The topological polar surface area (TPSA) is 40.5 Å². The standard InChI is InChI=1S/C14H20ClNO2/c1-4-12(5-2)16(3)9-11-7-6-10(14(17)18)8-13(11)15/h6-8,12H,4-5,9H2,1-3H3,(H,17,18). The fraction of sp³-hybridized carbons (Fsp3) is 0.500. The van der Waals surface area contributed by atoms with Gasteiger partial charge in [-0.3, -0.25) is 4.90 Å². The Morgan fingerprint density at radius 3 is 2.44 bits per heavy atom. The van der Waals surface area contributed by atoms with Crippen molar-refractivity contribution in [1.29, 1.82) is 0 Å². The van der Waals surface area contributed by atoms with Crippen molar-refractivity contribution in [2.24, 2.45) is 0 Å². The summed E-state index contributed by atoms with van der Waals surface area (Å²) >= 11 is 6.12. The highest BCUT2D eigenvalue weighted by Crippen LogP contribution is 2.21. The quantitative estimate of drug-likeness (QED) is 0.857. The predicted octanol–water partition coefficient (Wildman–Crippen LogP) is 3.66. The first kappa shape index (κ1) is 15.0. The summed E-state index contributed by atoms with van der Waals surface area (Å²) in [6.45, 7) is 5.07. The van der Waals surface area contributed by atoms with E-state index in [0.29, 0.717) is 11.1 Å². The molecule has 0 saturated carbocycles. The van der Waals surface area contributed by atoms with Gasteiger partial charge in [0.2, 0.25) is 0 Å². The summed E-state index contributed by atoms with van der Waals surface area (Å²) in [6, 6.07) is 5.44. The maximum absolute atomic E-state index is 10.8. The van der Waals surface area contributed by atoms with Gasteiger partial charge in [0, 0.05) is 17.6 Å². The van der Waals surface area contributed by atoms with Gasteiger partial charge in [0.1, 0.15) is 0 Å². The highest BCUT2D eigenvalue weighted by molar-refractivity contribution is 6.31. The maximum atomic E-state index is 10.8. The molecule has 0 aliphatic rings. The molecular weight excluding hydrogens is 250 g/mol. The summed E-state index contributed by atoms with van der Waals surface area (Å²) in [5.74, 6) is -0.947. The molecule has 18 heavy (non-hydrogen) atoms. The first-order valence-electron chi connectivity index (χ1n) is 6.21. The van der Waals surface area contributed by atoms with Gasteiger partial charge in [-0.1, -0.05) is 31.5 Å². The Morgan fingerprint density at radius 2 is 2.00 bits per heavy atom. The first-order chi connectivity index (χ1) is 8.49. The minimum Gasteiger partial charge on any atom is -0.478 e. The molecule has 0 spiro atoms. The van der Waals surface area contributed by atoms with Crippen molar-refractivity contribution in [2.75, 3.05) is 7.05 Å². The molecule has 0 aliphatic carbocycles. The summed E-state index contributed by atoms with van der Waals surface area (Å²) in [7, 11) is 2.07. The van der Waals surface area contributed by atoms with Crippen LogP contribution >= 0.6 is 11.6 Å². The molecule has 1 rings (SSSR count). The second-order valence-electron chi connectivity index (χ2n) is 4.50. The lowest BCUT2D eigenvalue weighted by Gasteiger charge is -2.26. The molecule has 1 aromatic carbocycles. The molecule has 0 fully saturated rings. The molecule has 0 saturated heterocycles. The van der Waals surface area contributed by atoms with Gasteiger partial charge in [-0.15, -0.1) is 0 Å². The van der Waals surface area contributed by atoms with E-state index < -0.39 is 5.97 Å². The number of nitrogens with zero attached hydrogens (tertiary/aromatic N) is 1. The van der Waals surface area contributed by atoms with Crippen LogP contribution in [0.15, 0.2) is 18.2 Å². The van der Waals surface area contributed by atoms with Crippen LogP contribution in [0.1, 0.15) is 42.6 Å². The number of carboxylic acids is 1. The highest BCUT2D eigenvalue weighted by Gasteiger charge is 2.13. The van der Waals surface area contributed by atoms with E-state index in [0.717, 1.165) is 24.9 Å². The molecule has 1 aromatic rings. The van der Waals surface area contributed by atoms with Crippen molar-refractivity contribution >= 4 is 17.6 Å². The Labute approximate surface area is 113 Å². The first-order valence-corrected chi connectivity index (χ1v) is 6.59. The number of hydrogen-bond acceptors (Lipinski definition) is 2. The summed E-state index contributed by atoms with van der Waals surface area (Å²) in [4.78, 5) is 13.1. The Kier molecular flexibility index (Phi) is 5.63. The van der Waals surface area contributed by atoms with Crippen LogP contribution in [0.5, 0.6) is 0 Å². The van der Waals surface area contributed by atoms with Crippen molar-refractivity contribution in [3.63, 3.8) is 0 Å². The largest absolute Gasteiger partial charge is 0.478 e. The smallest absolute Gasteiger partial charge is 0.335 e. The lowest BCUT2D eigenvalue weighted by molar-refractivity contribution is 0.0697. The van der Waals surface area contributed by atoms with E-state index in [4.69, 9.17) is 16.7 Å². The zero-order valence-corrected chi connectivity index (χ0v) is 11.9. The molecule has 0 amide bonds. The van der Waals surface area contributed by atoms with Gasteiger partial charge in [0.25, 0.3) is 0 Å². The summed E-state index contributed by atoms with van der Waals surface area (Å²) in [5.41, 5.74) is 1.20. The zero-order chi connectivity index (χ0) is 13.7. The predicted molar refractivity (Wildman–Crippen MR) is 74.2 cm³/mol. The van der Waals surface area contributed by atoms with E-state index in [2.05, 4.69) is 25.8 Å². The van der Waals surface area contributed by atoms with Crippen molar-refractivity contribution in [3.05, 3.63) is 34.3 Å². The molecule has 0 unspecified atom stereocenters. The number of rotatable bonds is 6. The number of carbonyl (C=O) groups is 1. The van der Waals surface area contributed by atoms with Gasteiger partial charge >= 0.3 is 5.97 Å². The van der Waals surface area contributed by atoms with Crippen LogP contribution < -0.4 is 0 Å².